The van der Waals surface area contributed by atoms with Crippen LogP contribution in [0.1, 0.15) is 43.1 Å². The fraction of sp³-hybridized carbons (Fsp3) is 0.306. The Bertz CT molecular complexity index is 1440. The second-order valence-electron chi connectivity index (χ2n) is 10.7. The molecule has 0 aliphatic rings. The number of hydrogen-bond donors (Lipinski definition) is 0. The van der Waals surface area contributed by atoms with Gasteiger partial charge in [0.1, 0.15) is 35.2 Å². The summed E-state index contributed by atoms with van der Waals surface area (Å²) in [4.78, 5) is 14.5. The molecule has 2 atom stereocenters. The highest BCUT2D eigenvalue weighted by Gasteiger charge is 2.32. The van der Waals surface area contributed by atoms with Gasteiger partial charge < -0.3 is 23.7 Å². The van der Waals surface area contributed by atoms with Crippen LogP contribution in [0.25, 0.3) is 0 Å². The largest absolute Gasteiger partial charge is 0.573 e. The van der Waals surface area contributed by atoms with Crippen molar-refractivity contribution < 1.29 is 54.8 Å². The maximum absolute atomic E-state index is 12.6. The number of benzene rings is 4. The Kier molecular flexibility index (Phi) is 13.2. The van der Waals surface area contributed by atoms with E-state index in [0.29, 0.717) is 37.4 Å². The molecule has 0 fully saturated rings. The molecule has 0 amide bonds. The lowest BCUT2D eigenvalue weighted by atomic mass is 10.0. The summed E-state index contributed by atoms with van der Waals surface area (Å²) in [5.74, 6) is -0.540. The average Bonchev–Trinajstić information content (AvgIpc) is 3.05. The van der Waals surface area contributed by atoms with Gasteiger partial charge >= 0.3 is 18.7 Å². The molecular formula is C36H35F6NO6. The second-order valence-corrected chi connectivity index (χ2v) is 10.7. The van der Waals surface area contributed by atoms with Crippen LogP contribution in [0.5, 0.6) is 23.0 Å². The maximum atomic E-state index is 12.6. The summed E-state index contributed by atoms with van der Waals surface area (Å²) in [6, 6.07) is 28.7. The summed E-state index contributed by atoms with van der Waals surface area (Å²) in [5.41, 5.74) is 1.63. The van der Waals surface area contributed by atoms with E-state index in [0.717, 1.165) is 11.1 Å². The third kappa shape index (κ3) is 13.3. The van der Waals surface area contributed by atoms with E-state index in [4.69, 9.17) is 14.2 Å². The minimum Gasteiger partial charge on any atom is -0.486 e. The van der Waals surface area contributed by atoms with Crippen molar-refractivity contribution in [3.63, 3.8) is 0 Å². The number of rotatable bonds is 17. The van der Waals surface area contributed by atoms with Crippen molar-refractivity contribution in [1.29, 1.82) is 0 Å². The molecule has 4 aromatic carbocycles. The van der Waals surface area contributed by atoms with Gasteiger partial charge in [-0.25, -0.2) is 0 Å². The Morgan fingerprint density at radius 3 is 1.31 bits per heavy atom. The van der Waals surface area contributed by atoms with Crippen LogP contribution in [-0.2, 0) is 9.53 Å². The molecule has 0 aliphatic carbocycles. The van der Waals surface area contributed by atoms with E-state index in [1.54, 1.807) is 6.92 Å². The van der Waals surface area contributed by atoms with Gasteiger partial charge in [0.25, 0.3) is 0 Å². The number of carbonyl (C=O) groups excluding carboxylic acids is 1. The minimum absolute atomic E-state index is 0.0379. The van der Waals surface area contributed by atoms with E-state index in [1.165, 1.54) is 48.5 Å². The van der Waals surface area contributed by atoms with Crippen LogP contribution in [0.3, 0.4) is 0 Å². The number of ether oxygens (including phenoxy) is 5. The van der Waals surface area contributed by atoms with Gasteiger partial charge in [-0.3, -0.25) is 9.69 Å². The van der Waals surface area contributed by atoms with Crippen LogP contribution in [-0.4, -0.2) is 49.8 Å². The number of carbonyl (C=O) groups is 1. The molecule has 0 aliphatic heterocycles. The highest BCUT2D eigenvalue weighted by Crippen LogP contribution is 2.31. The van der Waals surface area contributed by atoms with Crippen molar-refractivity contribution in [2.24, 2.45) is 0 Å². The summed E-state index contributed by atoms with van der Waals surface area (Å²) in [6.07, 6.45) is -9.92. The highest BCUT2D eigenvalue weighted by atomic mass is 19.4. The number of hydrogen-bond acceptors (Lipinski definition) is 7. The van der Waals surface area contributed by atoms with Crippen molar-refractivity contribution >= 4 is 5.97 Å². The topological polar surface area (TPSA) is 66.5 Å². The predicted molar refractivity (Wildman–Crippen MR) is 168 cm³/mol. The molecule has 7 nitrogen and oxygen atoms in total. The van der Waals surface area contributed by atoms with Gasteiger partial charge in [-0.2, -0.15) is 0 Å². The van der Waals surface area contributed by atoms with Gasteiger partial charge in [-0.15, -0.1) is 26.3 Å². The van der Waals surface area contributed by atoms with E-state index in [1.807, 2.05) is 65.6 Å². The summed E-state index contributed by atoms with van der Waals surface area (Å²) in [7, 11) is 0. The van der Waals surface area contributed by atoms with Crippen molar-refractivity contribution in [2.75, 3.05) is 26.2 Å². The van der Waals surface area contributed by atoms with Crippen LogP contribution >= 0.6 is 0 Å². The molecule has 0 spiro atoms. The molecule has 13 heteroatoms. The first kappa shape index (κ1) is 36.9. The van der Waals surface area contributed by atoms with Crippen LogP contribution in [0.15, 0.2) is 109 Å². The number of halogens is 6. The first-order valence-electron chi connectivity index (χ1n) is 15.4. The lowest BCUT2D eigenvalue weighted by Crippen LogP contribution is -2.35. The molecule has 0 radical (unpaired) electrons. The quantitative estimate of drug-likeness (QED) is 0.0809. The Balaban J connectivity index is 1.49. The lowest BCUT2D eigenvalue weighted by Gasteiger charge is -2.27. The highest BCUT2D eigenvalue weighted by molar-refractivity contribution is 5.71. The summed E-state index contributed by atoms with van der Waals surface area (Å²) >= 11 is 0. The second kappa shape index (κ2) is 17.5. The monoisotopic (exact) mass is 691 g/mol. The first-order valence-corrected chi connectivity index (χ1v) is 15.4. The minimum atomic E-state index is -4.82. The number of alkyl halides is 6. The third-order valence-electron chi connectivity index (χ3n) is 7.09. The van der Waals surface area contributed by atoms with Crippen LogP contribution < -0.4 is 18.9 Å². The number of nitrogens with zero attached hydrogens (tertiary/aromatic N) is 1. The van der Waals surface area contributed by atoms with Crippen LogP contribution in [0.4, 0.5) is 26.3 Å². The van der Waals surface area contributed by atoms with Gasteiger partial charge in [-0.1, -0.05) is 60.7 Å². The molecular weight excluding hydrogens is 656 g/mol. The molecule has 0 saturated heterocycles. The van der Waals surface area contributed by atoms with Crippen molar-refractivity contribution in [1.82, 2.24) is 4.90 Å². The predicted octanol–water partition coefficient (Wildman–Crippen LogP) is 9.07. The van der Waals surface area contributed by atoms with E-state index in [9.17, 15) is 31.1 Å². The van der Waals surface area contributed by atoms with Crippen LogP contribution in [0.2, 0.25) is 0 Å². The normalized spacial score (nSPS) is 13.0. The fourth-order valence-electron chi connectivity index (χ4n) is 4.95. The van der Waals surface area contributed by atoms with Crippen LogP contribution in [0, 0.1) is 0 Å². The average molecular weight is 692 g/mol. The van der Waals surface area contributed by atoms with E-state index < -0.39 is 30.9 Å². The van der Waals surface area contributed by atoms with Gasteiger partial charge in [0.05, 0.1) is 13.2 Å². The zero-order chi connectivity index (χ0) is 35.3. The van der Waals surface area contributed by atoms with E-state index >= 15 is 0 Å². The van der Waals surface area contributed by atoms with Gasteiger partial charge in [0, 0.05) is 25.9 Å². The lowest BCUT2D eigenvalue weighted by molar-refractivity contribution is -0.275. The van der Waals surface area contributed by atoms with Crippen molar-refractivity contribution in [2.45, 2.75) is 44.7 Å². The molecule has 0 bridgehead atoms. The summed E-state index contributed by atoms with van der Waals surface area (Å²) in [6.45, 7) is 2.58. The smallest absolute Gasteiger partial charge is 0.486 e. The molecule has 262 valence electrons. The molecule has 0 N–H and O–H groups in total. The van der Waals surface area contributed by atoms with Crippen molar-refractivity contribution in [3.8, 4) is 23.0 Å². The summed E-state index contributed by atoms with van der Waals surface area (Å²) < 4.78 is 101. The SMILES string of the molecule is CCOC(=O)CN(CCC(Oc1ccc(OC(F)(F)F)cc1)c1ccccc1)CCC(Oc1ccc(OC(F)(F)F)cc1)c1ccccc1. The third-order valence-corrected chi connectivity index (χ3v) is 7.09. The zero-order valence-electron chi connectivity index (χ0n) is 26.5. The molecule has 0 heterocycles. The molecule has 0 aromatic heterocycles. The fourth-order valence-corrected chi connectivity index (χ4v) is 4.95. The van der Waals surface area contributed by atoms with Gasteiger partial charge in [-0.05, 0) is 66.6 Å². The first-order chi connectivity index (χ1) is 23.4. The summed E-state index contributed by atoms with van der Waals surface area (Å²) in [5, 5.41) is 0. The molecule has 4 aromatic rings. The molecule has 2 unspecified atom stereocenters. The van der Waals surface area contributed by atoms with E-state index in [2.05, 4.69) is 9.47 Å². The van der Waals surface area contributed by atoms with E-state index in [-0.39, 0.29) is 24.7 Å². The Morgan fingerprint density at radius 2 is 0.959 bits per heavy atom. The molecule has 4 rings (SSSR count). The standard InChI is InChI=1S/C36H35F6NO6/c1-2-45-34(44)25-43(23-21-32(26-9-5-3-6-10-26)46-28-13-17-30(18-14-28)48-35(37,38)39)24-22-33(27-11-7-4-8-12-27)47-29-15-19-31(20-16-29)49-36(40,41)42/h3-20,32-33H,2,21-25H2,1H3. The Morgan fingerprint density at radius 1 is 0.592 bits per heavy atom. The Hall–Kier alpha value is -4.91. The number of esters is 1. The van der Waals surface area contributed by atoms with Crippen molar-refractivity contribution in [3.05, 3.63) is 120 Å². The van der Waals surface area contributed by atoms with Gasteiger partial charge in [0.2, 0.25) is 0 Å². The zero-order valence-corrected chi connectivity index (χ0v) is 26.5. The maximum Gasteiger partial charge on any atom is 0.573 e. The van der Waals surface area contributed by atoms with Gasteiger partial charge in [0.15, 0.2) is 0 Å². The molecule has 49 heavy (non-hydrogen) atoms. The molecule has 0 saturated carbocycles. The Labute approximate surface area is 279 Å².